The predicted octanol–water partition coefficient (Wildman–Crippen LogP) is 3.74. The van der Waals surface area contributed by atoms with Crippen molar-refractivity contribution in [3.63, 3.8) is 0 Å². The summed E-state index contributed by atoms with van der Waals surface area (Å²) in [5.74, 6) is -0.422. The van der Waals surface area contributed by atoms with Crippen LogP contribution in [0.15, 0.2) is 65.0 Å². The lowest BCUT2D eigenvalue weighted by Gasteiger charge is -2.34. The van der Waals surface area contributed by atoms with Crippen LogP contribution in [0.4, 0.5) is 0 Å². The fourth-order valence-electron chi connectivity index (χ4n) is 4.09. The number of sulfonamides is 1. The van der Waals surface area contributed by atoms with E-state index in [0.717, 1.165) is 15.8 Å². The molecular formula is C24H27N3O4S2. The Hall–Kier alpha value is -2.59. The molecule has 1 aliphatic heterocycles. The van der Waals surface area contributed by atoms with E-state index in [1.807, 2.05) is 43.5 Å². The summed E-state index contributed by atoms with van der Waals surface area (Å²) in [7, 11) is -3.67. The number of thiazole rings is 1. The molecule has 2 unspecified atom stereocenters. The number of morpholine rings is 1. The van der Waals surface area contributed by atoms with Gasteiger partial charge in [0, 0.05) is 25.2 Å². The average molecular weight is 486 g/mol. The van der Waals surface area contributed by atoms with Crippen molar-refractivity contribution in [2.24, 2.45) is 4.99 Å². The second-order valence-electron chi connectivity index (χ2n) is 8.23. The van der Waals surface area contributed by atoms with E-state index in [1.54, 1.807) is 6.08 Å². The van der Waals surface area contributed by atoms with Crippen LogP contribution < -0.4 is 4.80 Å². The molecule has 2 heterocycles. The molecule has 1 amide bonds. The van der Waals surface area contributed by atoms with E-state index in [-0.39, 0.29) is 17.1 Å². The summed E-state index contributed by atoms with van der Waals surface area (Å²) >= 11 is 1.44. The number of carbonyl (C=O) groups is 1. The lowest BCUT2D eigenvalue weighted by molar-refractivity contribution is -0.0440. The quantitative estimate of drug-likeness (QED) is 0.516. The SMILES string of the molecule is C=CCn1c(=NC(=O)c2ccc(S(=O)(=O)N3CC(C)OC(C)C3)cc2)sc2cccc(C)c21. The predicted molar refractivity (Wildman–Crippen MR) is 130 cm³/mol. The summed E-state index contributed by atoms with van der Waals surface area (Å²) in [6.07, 6.45) is 1.43. The first kappa shape index (κ1) is 23.6. The number of hydrogen-bond acceptors (Lipinski definition) is 5. The second-order valence-corrected chi connectivity index (χ2v) is 11.2. The molecule has 1 aliphatic rings. The van der Waals surface area contributed by atoms with Crippen molar-refractivity contribution >= 4 is 37.5 Å². The Kier molecular flexibility index (Phi) is 6.67. The minimum Gasteiger partial charge on any atom is -0.373 e. The fraction of sp³-hybridized carbons (Fsp3) is 0.333. The van der Waals surface area contributed by atoms with Crippen LogP contribution in [0.1, 0.15) is 29.8 Å². The summed E-state index contributed by atoms with van der Waals surface area (Å²) in [6.45, 7) is 10.7. The molecular weight excluding hydrogens is 458 g/mol. The fourth-order valence-corrected chi connectivity index (χ4v) is 6.79. The monoisotopic (exact) mass is 485 g/mol. The molecule has 0 spiro atoms. The minimum absolute atomic E-state index is 0.152. The van der Waals surface area contributed by atoms with E-state index < -0.39 is 15.9 Å². The van der Waals surface area contributed by atoms with Gasteiger partial charge in [-0.15, -0.1) is 6.58 Å². The van der Waals surface area contributed by atoms with Crippen molar-refractivity contribution in [3.8, 4) is 0 Å². The van der Waals surface area contributed by atoms with Crippen LogP contribution in [0, 0.1) is 6.92 Å². The average Bonchev–Trinajstić information content (AvgIpc) is 3.11. The Morgan fingerprint density at radius 3 is 2.48 bits per heavy atom. The van der Waals surface area contributed by atoms with Gasteiger partial charge in [0.05, 0.1) is 27.3 Å². The third kappa shape index (κ3) is 4.72. The largest absolute Gasteiger partial charge is 0.373 e. The van der Waals surface area contributed by atoms with Crippen molar-refractivity contribution in [3.05, 3.63) is 71.0 Å². The first-order valence-corrected chi connectivity index (χ1v) is 13.0. The number of rotatable bonds is 5. The Morgan fingerprint density at radius 2 is 1.85 bits per heavy atom. The number of ether oxygens (including phenoxy) is 1. The highest BCUT2D eigenvalue weighted by molar-refractivity contribution is 7.89. The van der Waals surface area contributed by atoms with Crippen molar-refractivity contribution in [2.45, 2.75) is 44.4 Å². The molecule has 174 valence electrons. The van der Waals surface area contributed by atoms with Gasteiger partial charge < -0.3 is 9.30 Å². The minimum atomic E-state index is -3.67. The normalized spacial score (nSPS) is 20.3. The molecule has 3 aromatic rings. The van der Waals surface area contributed by atoms with Crippen molar-refractivity contribution in [1.82, 2.24) is 8.87 Å². The number of fused-ring (bicyclic) bond motifs is 1. The molecule has 0 bridgehead atoms. The number of aromatic nitrogens is 1. The molecule has 9 heteroatoms. The summed E-state index contributed by atoms with van der Waals surface area (Å²) < 4.78 is 36.2. The molecule has 0 aliphatic carbocycles. The van der Waals surface area contributed by atoms with Crippen molar-refractivity contribution in [2.75, 3.05) is 13.1 Å². The van der Waals surface area contributed by atoms with Crippen LogP contribution in [-0.4, -0.2) is 48.5 Å². The number of carbonyl (C=O) groups excluding carboxylic acids is 1. The van der Waals surface area contributed by atoms with Gasteiger partial charge in [-0.05, 0) is 56.7 Å². The van der Waals surface area contributed by atoms with Crippen molar-refractivity contribution in [1.29, 1.82) is 0 Å². The highest BCUT2D eigenvalue weighted by Gasteiger charge is 2.32. The zero-order chi connectivity index (χ0) is 23.8. The number of aryl methyl sites for hydroxylation is 1. The molecule has 0 N–H and O–H groups in total. The lowest BCUT2D eigenvalue weighted by Crippen LogP contribution is -2.48. The molecule has 1 aromatic heterocycles. The highest BCUT2D eigenvalue weighted by Crippen LogP contribution is 2.23. The van der Waals surface area contributed by atoms with E-state index in [2.05, 4.69) is 11.6 Å². The maximum Gasteiger partial charge on any atom is 0.279 e. The number of nitrogens with zero attached hydrogens (tertiary/aromatic N) is 3. The van der Waals surface area contributed by atoms with Gasteiger partial charge in [0.15, 0.2) is 4.80 Å². The molecule has 2 aromatic carbocycles. The third-order valence-electron chi connectivity index (χ3n) is 5.54. The van der Waals surface area contributed by atoms with E-state index >= 15 is 0 Å². The van der Waals surface area contributed by atoms with Crippen molar-refractivity contribution < 1.29 is 17.9 Å². The zero-order valence-corrected chi connectivity index (χ0v) is 20.5. The van der Waals surface area contributed by atoms with Gasteiger partial charge in [-0.1, -0.05) is 29.5 Å². The van der Waals surface area contributed by atoms with Crippen LogP contribution in [0.25, 0.3) is 10.2 Å². The molecule has 1 saturated heterocycles. The van der Waals surface area contributed by atoms with E-state index in [9.17, 15) is 13.2 Å². The highest BCUT2D eigenvalue weighted by atomic mass is 32.2. The zero-order valence-electron chi connectivity index (χ0n) is 18.9. The van der Waals surface area contributed by atoms with Gasteiger partial charge in [0.2, 0.25) is 10.0 Å². The smallest absolute Gasteiger partial charge is 0.279 e. The van der Waals surface area contributed by atoms with Gasteiger partial charge in [-0.3, -0.25) is 4.79 Å². The summed E-state index contributed by atoms with van der Waals surface area (Å²) in [6, 6.07) is 12.0. The number of para-hydroxylation sites is 1. The molecule has 0 saturated carbocycles. The van der Waals surface area contributed by atoms with Crippen LogP contribution in [0.5, 0.6) is 0 Å². The number of allylic oxidation sites excluding steroid dienone is 1. The van der Waals surface area contributed by atoms with Gasteiger partial charge in [-0.2, -0.15) is 9.30 Å². The standard InChI is InChI=1S/C24H27N3O4S2/c1-5-13-27-22-16(2)7-6-8-21(22)32-24(27)25-23(28)19-9-11-20(12-10-19)33(29,30)26-14-17(3)31-18(4)15-26/h5-12,17-18H,1,13-15H2,2-4H3. The van der Waals surface area contributed by atoms with Gasteiger partial charge in [0.25, 0.3) is 5.91 Å². The Bertz CT molecular complexity index is 1360. The number of hydrogen-bond donors (Lipinski definition) is 0. The van der Waals surface area contributed by atoms with Gasteiger partial charge in [0.1, 0.15) is 0 Å². The topological polar surface area (TPSA) is 81.0 Å². The van der Waals surface area contributed by atoms with Gasteiger partial charge in [-0.25, -0.2) is 8.42 Å². The van der Waals surface area contributed by atoms with Crippen LogP contribution in [-0.2, 0) is 21.3 Å². The molecule has 2 atom stereocenters. The number of amides is 1. The second kappa shape index (κ2) is 9.34. The summed E-state index contributed by atoms with van der Waals surface area (Å²) in [5.41, 5.74) is 2.46. The lowest BCUT2D eigenvalue weighted by atomic mass is 10.2. The number of benzene rings is 2. The Labute approximate surface area is 197 Å². The summed E-state index contributed by atoms with van der Waals surface area (Å²) in [5, 5.41) is 0. The first-order chi connectivity index (χ1) is 15.7. The summed E-state index contributed by atoms with van der Waals surface area (Å²) in [4.78, 5) is 18.0. The maximum absolute atomic E-state index is 13.0. The van der Waals surface area contributed by atoms with E-state index in [1.165, 1.54) is 39.9 Å². The van der Waals surface area contributed by atoms with Crippen LogP contribution in [0.3, 0.4) is 0 Å². The van der Waals surface area contributed by atoms with Crippen LogP contribution >= 0.6 is 11.3 Å². The first-order valence-electron chi connectivity index (χ1n) is 10.7. The third-order valence-corrected chi connectivity index (χ3v) is 8.43. The molecule has 7 nitrogen and oxygen atoms in total. The molecule has 0 radical (unpaired) electrons. The Balaban J connectivity index is 1.65. The van der Waals surface area contributed by atoms with Crippen LogP contribution in [0.2, 0.25) is 0 Å². The van der Waals surface area contributed by atoms with Gasteiger partial charge >= 0.3 is 0 Å². The molecule has 4 rings (SSSR count). The molecule has 33 heavy (non-hydrogen) atoms. The molecule has 1 fully saturated rings. The van der Waals surface area contributed by atoms with E-state index in [0.29, 0.717) is 30.0 Å². The van der Waals surface area contributed by atoms with E-state index in [4.69, 9.17) is 4.74 Å². The maximum atomic E-state index is 13.0. The Morgan fingerprint density at radius 1 is 1.18 bits per heavy atom.